The third-order valence-electron chi connectivity index (χ3n) is 3.48. The summed E-state index contributed by atoms with van der Waals surface area (Å²) in [5, 5.41) is 1.56. The molecular weight excluding hydrogens is 327 g/mol. The maximum absolute atomic E-state index is 12.6. The molecule has 1 unspecified atom stereocenters. The topological polar surface area (TPSA) is 26.3 Å². The van der Waals surface area contributed by atoms with E-state index in [9.17, 15) is 4.79 Å². The van der Waals surface area contributed by atoms with Crippen LogP contribution in [0.3, 0.4) is 0 Å². The fraction of sp³-hybridized carbons (Fsp3) is 0.316. The maximum atomic E-state index is 12.6. The molecule has 0 saturated heterocycles. The standard InChI is InChI=1S/C19H22ClO2P/c1-12(2)11-22-15-8-9-17(14(4)10-15)23-19(21)18-13(3)6-5-7-16(18)20/h5-10,12,23H,11H2,1-4H3. The number of carbonyl (C=O) groups is 1. The van der Waals surface area contributed by atoms with Gasteiger partial charge in [0.05, 0.1) is 11.6 Å². The SMILES string of the molecule is Cc1cc(OCC(C)C)ccc1PC(=O)c1c(C)cccc1Cl. The molecule has 2 aromatic rings. The molecule has 23 heavy (non-hydrogen) atoms. The zero-order chi connectivity index (χ0) is 17.0. The molecule has 0 radical (unpaired) electrons. The van der Waals surface area contributed by atoms with Crippen LogP contribution in [0.1, 0.15) is 35.3 Å². The molecule has 122 valence electrons. The van der Waals surface area contributed by atoms with Gasteiger partial charge in [-0.15, -0.1) is 0 Å². The van der Waals surface area contributed by atoms with Gasteiger partial charge in [-0.2, -0.15) is 0 Å². The van der Waals surface area contributed by atoms with Crippen LogP contribution in [-0.2, 0) is 0 Å². The highest BCUT2D eigenvalue weighted by atomic mass is 35.5. The Labute approximate surface area is 145 Å². The van der Waals surface area contributed by atoms with Crippen molar-refractivity contribution < 1.29 is 9.53 Å². The second-order valence-corrected chi connectivity index (χ2v) is 7.72. The molecule has 0 aliphatic rings. The summed E-state index contributed by atoms with van der Waals surface area (Å²) in [6.07, 6.45) is 0. The summed E-state index contributed by atoms with van der Waals surface area (Å²) in [6.45, 7) is 8.86. The van der Waals surface area contributed by atoms with Crippen LogP contribution in [-0.4, -0.2) is 12.1 Å². The Morgan fingerprint density at radius 2 is 1.91 bits per heavy atom. The van der Waals surface area contributed by atoms with E-state index in [4.69, 9.17) is 16.3 Å². The fourth-order valence-electron chi connectivity index (χ4n) is 2.23. The lowest BCUT2D eigenvalue weighted by molar-refractivity contribution is 0.108. The van der Waals surface area contributed by atoms with E-state index in [2.05, 4.69) is 13.8 Å². The van der Waals surface area contributed by atoms with E-state index in [1.165, 1.54) is 0 Å². The van der Waals surface area contributed by atoms with E-state index >= 15 is 0 Å². The van der Waals surface area contributed by atoms with Gasteiger partial charge in [0.15, 0.2) is 5.52 Å². The minimum atomic E-state index is 0.0622. The number of aryl methyl sites for hydroxylation is 2. The molecule has 0 amide bonds. The van der Waals surface area contributed by atoms with Crippen LogP contribution in [0.4, 0.5) is 0 Å². The Bertz CT molecular complexity index is 690. The van der Waals surface area contributed by atoms with Gasteiger partial charge < -0.3 is 4.74 Å². The van der Waals surface area contributed by atoms with Crippen LogP contribution >= 0.6 is 20.2 Å². The van der Waals surface area contributed by atoms with Crippen molar-refractivity contribution in [2.45, 2.75) is 27.7 Å². The zero-order valence-electron chi connectivity index (χ0n) is 13.9. The van der Waals surface area contributed by atoms with Crippen molar-refractivity contribution in [1.29, 1.82) is 0 Å². The lowest BCUT2D eigenvalue weighted by atomic mass is 10.1. The zero-order valence-corrected chi connectivity index (χ0v) is 15.7. The van der Waals surface area contributed by atoms with Crippen molar-refractivity contribution in [2.75, 3.05) is 6.61 Å². The number of halogens is 1. The molecule has 0 bridgehead atoms. The van der Waals surface area contributed by atoms with Crippen LogP contribution in [0.2, 0.25) is 5.02 Å². The normalized spacial score (nSPS) is 11.4. The highest BCUT2D eigenvalue weighted by Crippen LogP contribution is 2.29. The summed E-state index contributed by atoms with van der Waals surface area (Å²) in [6, 6.07) is 11.5. The van der Waals surface area contributed by atoms with Crippen LogP contribution in [0.5, 0.6) is 5.75 Å². The van der Waals surface area contributed by atoms with Crippen molar-refractivity contribution in [3.63, 3.8) is 0 Å². The van der Waals surface area contributed by atoms with Crippen LogP contribution < -0.4 is 10.0 Å². The first-order chi connectivity index (χ1) is 10.9. The highest BCUT2D eigenvalue weighted by Gasteiger charge is 2.15. The van der Waals surface area contributed by atoms with Gasteiger partial charge in [-0.1, -0.05) is 43.6 Å². The Hall–Kier alpha value is -1.37. The number of benzene rings is 2. The van der Waals surface area contributed by atoms with Crippen molar-refractivity contribution in [1.82, 2.24) is 0 Å². The van der Waals surface area contributed by atoms with Crippen LogP contribution in [0, 0.1) is 19.8 Å². The summed E-state index contributed by atoms with van der Waals surface area (Å²) >= 11 is 6.19. The summed E-state index contributed by atoms with van der Waals surface area (Å²) < 4.78 is 5.73. The quantitative estimate of drug-likeness (QED) is 0.676. The summed E-state index contributed by atoms with van der Waals surface area (Å²) in [4.78, 5) is 12.6. The second-order valence-electron chi connectivity index (χ2n) is 6.07. The molecule has 0 aliphatic carbocycles. The molecule has 0 spiro atoms. The first kappa shape index (κ1) is 18.0. The number of rotatable bonds is 6. The average Bonchev–Trinajstić information content (AvgIpc) is 2.47. The van der Waals surface area contributed by atoms with Gasteiger partial charge in [-0.3, -0.25) is 4.79 Å². The van der Waals surface area contributed by atoms with Gasteiger partial charge >= 0.3 is 0 Å². The van der Waals surface area contributed by atoms with Crippen molar-refractivity contribution in [3.8, 4) is 5.75 Å². The van der Waals surface area contributed by atoms with E-state index in [0.717, 1.165) is 22.2 Å². The van der Waals surface area contributed by atoms with E-state index in [1.807, 2.05) is 44.2 Å². The molecule has 0 aliphatic heterocycles. The van der Waals surface area contributed by atoms with Gasteiger partial charge in [-0.05, 0) is 63.0 Å². The molecule has 0 aromatic heterocycles. The number of hydrogen-bond acceptors (Lipinski definition) is 2. The predicted octanol–water partition coefficient (Wildman–Crippen LogP) is 5.14. The minimum absolute atomic E-state index is 0.0622. The van der Waals surface area contributed by atoms with E-state index in [1.54, 1.807) is 6.07 Å². The summed E-state index contributed by atoms with van der Waals surface area (Å²) in [5.74, 6) is 1.34. The molecular formula is C19H22ClO2P. The van der Waals surface area contributed by atoms with Gasteiger partial charge in [0, 0.05) is 5.56 Å². The maximum Gasteiger partial charge on any atom is 0.187 e. The molecule has 2 aromatic carbocycles. The minimum Gasteiger partial charge on any atom is -0.493 e. The van der Waals surface area contributed by atoms with Crippen molar-refractivity contribution >= 4 is 31.0 Å². The van der Waals surface area contributed by atoms with Crippen LogP contribution in [0.15, 0.2) is 36.4 Å². The summed E-state index contributed by atoms with van der Waals surface area (Å²) in [5.41, 5.74) is 2.70. The lowest BCUT2D eigenvalue weighted by Crippen LogP contribution is -2.09. The Kier molecular flexibility index (Phi) is 6.21. The van der Waals surface area contributed by atoms with E-state index < -0.39 is 0 Å². The predicted molar refractivity (Wildman–Crippen MR) is 100.0 cm³/mol. The van der Waals surface area contributed by atoms with E-state index in [-0.39, 0.29) is 14.1 Å². The van der Waals surface area contributed by atoms with Gasteiger partial charge in [-0.25, -0.2) is 0 Å². The molecule has 0 saturated carbocycles. The number of carbonyl (C=O) groups excluding carboxylic acids is 1. The molecule has 1 atom stereocenters. The Morgan fingerprint density at radius 3 is 2.52 bits per heavy atom. The number of hydrogen-bond donors (Lipinski definition) is 0. The second kappa shape index (κ2) is 7.95. The molecule has 4 heteroatoms. The summed E-state index contributed by atoms with van der Waals surface area (Å²) in [7, 11) is 0.0622. The monoisotopic (exact) mass is 348 g/mol. The third kappa shape index (κ3) is 4.80. The van der Waals surface area contributed by atoms with Gasteiger partial charge in [0.2, 0.25) is 0 Å². The molecule has 2 rings (SSSR count). The Morgan fingerprint density at radius 1 is 1.17 bits per heavy atom. The fourth-order valence-corrected chi connectivity index (χ4v) is 3.76. The van der Waals surface area contributed by atoms with Crippen molar-refractivity contribution in [2.24, 2.45) is 5.92 Å². The van der Waals surface area contributed by atoms with Gasteiger partial charge in [0.1, 0.15) is 5.75 Å². The first-order valence-electron chi connectivity index (χ1n) is 7.68. The average molecular weight is 349 g/mol. The van der Waals surface area contributed by atoms with Crippen LogP contribution in [0.25, 0.3) is 0 Å². The highest BCUT2D eigenvalue weighted by molar-refractivity contribution is 7.66. The van der Waals surface area contributed by atoms with Crippen molar-refractivity contribution in [3.05, 3.63) is 58.1 Å². The molecule has 2 nitrogen and oxygen atoms in total. The smallest absolute Gasteiger partial charge is 0.187 e. The molecule has 0 heterocycles. The largest absolute Gasteiger partial charge is 0.493 e. The lowest BCUT2D eigenvalue weighted by Gasteiger charge is -2.12. The molecule has 0 N–H and O–H groups in total. The third-order valence-corrected chi connectivity index (χ3v) is 5.10. The van der Waals surface area contributed by atoms with E-state index in [0.29, 0.717) is 23.1 Å². The first-order valence-corrected chi connectivity index (χ1v) is 9.06. The number of ether oxygens (including phenoxy) is 1. The Balaban J connectivity index is 2.15. The van der Waals surface area contributed by atoms with Gasteiger partial charge in [0.25, 0.3) is 0 Å². The molecule has 0 fully saturated rings.